The van der Waals surface area contributed by atoms with Crippen molar-refractivity contribution in [1.29, 1.82) is 0 Å². The molecule has 0 saturated carbocycles. The normalized spacial score (nSPS) is 8.43. The van der Waals surface area contributed by atoms with E-state index in [2.05, 4.69) is 0 Å². The smallest absolute Gasteiger partial charge is 0.870 e. The Morgan fingerprint density at radius 2 is 0.381 bits per heavy atom. The Bertz CT molecular complexity index is 214. The van der Waals surface area contributed by atoms with Crippen molar-refractivity contribution in [3.8, 4) is 0 Å². The van der Waals surface area contributed by atoms with Crippen LogP contribution in [0.5, 0.6) is 0 Å². The van der Waals surface area contributed by atoms with E-state index in [-0.39, 0.29) is 233 Å². The number of hydrogen-bond acceptors (Lipinski definition) is 13. The molecule has 0 spiro atoms. The third kappa shape index (κ3) is 309. The zero-order valence-electron chi connectivity index (χ0n) is 10.2. The predicted molar refractivity (Wildman–Crippen MR) is 53.5 cm³/mol. The van der Waals surface area contributed by atoms with Crippen molar-refractivity contribution in [2.24, 2.45) is 0 Å². The Morgan fingerprint density at radius 3 is 0.381 bits per heavy atom. The van der Waals surface area contributed by atoms with Gasteiger partial charge in [-0.05, 0) is 0 Å². The quantitative estimate of drug-likeness (QED) is 0.165. The minimum atomic E-state index is -5.39. The molecule has 21 heteroatoms. The second-order valence-corrected chi connectivity index (χ2v) is 4.02. The summed E-state index contributed by atoms with van der Waals surface area (Å²) in [5, 5.41) is 0. The maximum Gasteiger partial charge on any atom is 2.00 e. The molecule has 0 fully saturated rings. The molecule has 1 N–H and O–H groups in total. The van der Waals surface area contributed by atoms with Crippen LogP contribution in [0.2, 0.25) is 0 Å². The molecule has 0 rings (SSSR count). The topological polar surface area (TPSA) is 289 Å². The average molecular weight is 740 g/mol. The molecule has 0 aromatic carbocycles. The summed E-state index contributed by atoms with van der Waals surface area (Å²) in [4.78, 5) is 76.9. The van der Waals surface area contributed by atoms with Gasteiger partial charge in [0.2, 0.25) is 0 Å². The predicted octanol–water partition coefficient (Wildman–Crippen LogP) is -10.6. The molecule has 0 radical (unpaired) electrons. The number of rotatable bonds is 0. The van der Waals surface area contributed by atoms with E-state index in [1.807, 2.05) is 0 Å². The molecule has 0 heterocycles. The summed E-state index contributed by atoms with van der Waals surface area (Å²) in [5.74, 6) is 0. The minimum Gasteiger partial charge on any atom is -0.870 e. The Kier molecular flexibility index (Phi) is 80.8. The van der Waals surface area contributed by atoms with Crippen LogP contribution in [0, 0.1) is 0 Å². The Morgan fingerprint density at radius 1 is 0.381 bits per heavy atom. The third-order valence-corrected chi connectivity index (χ3v) is 0. The molecule has 0 bridgehead atoms. The largest absolute Gasteiger partial charge is 2.00 e. The molecule has 0 amide bonds. The fraction of sp³-hybridized carbons (Fsp3) is 0. The zero-order chi connectivity index (χ0) is 13.5. The zero-order valence-corrected chi connectivity index (χ0v) is 30.3. The van der Waals surface area contributed by atoms with Gasteiger partial charge in [-0.3, -0.25) is 0 Å². The average Bonchev–Trinajstić information content (AvgIpc) is 1.41. The van der Waals surface area contributed by atoms with Gasteiger partial charge in [0.25, 0.3) is 0 Å². The Labute approximate surface area is 305 Å². The molecule has 13 nitrogen and oxygen atoms in total. The van der Waals surface area contributed by atoms with E-state index < -0.39 is 23.5 Å². The van der Waals surface area contributed by atoms with Gasteiger partial charge in [-0.25, -0.2) is 0 Å². The molecule has 0 aromatic rings. The van der Waals surface area contributed by atoms with Crippen molar-refractivity contribution in [2.45, 2.75) is 0 Å². The van der Waals surface area contributed by atoms with Crippen molar-refractivity contribution < 1.29 is 63.2 Å². The van der Waals surface area contributed by atoms with Gasteiger partial charge in [-0.2, -0.15) is 23.5 Å². The van der Waals surface area contributed by atoms with Crippen molar-refractivity contribution in [3.05, 3.63) is 0 Å². The molecular weight excluding hydrogens is 739 g/mol. The Hall–Kier alpha value is 7.69. The Balaban J connectivity index is -0.0000000129. The van der Waals surface area contributed by atoms with Gasteiger partial charge >= 0.3 is 227 Å². The van der Waals surface area contributed by atoms with Gasteiger partial charge in [0.1, 0.15) is 0 Å². The van der Waals surface area contributed by atoms with Crippen LogP contribution in [0.4, 0.5) is 0 Å². The van der Waals surface area contributed by atoms with Crippen molar-refractivity contribution in [3.63, 3.8) is 0 Å². The first-order valence-corrected chi connectivity index (χ1v) is 6.57. The molecule has 0 aliphatic heterocycles. The van der Waals surface area contributed by atoms with Crippen LogP contribution in [0.1, 0.15) is 0 Å². The van der Waals surface area contributed by atoms with Crippen LogP contribution in [0.3, 0.4) is 0 Å². The fourth-order valence-electron chi connectivity index (χ4n) is 0. The first kappa shape index (κ1) is 56.7. The van der Waals surface area contributed by atoms with Crippen LogP contribution >= 0.6 is 23.5 Å². The summed E-state index contributed by atoms with van der Waals surface area (Å²) in [5.41, 5.74) is 0. The molecule has 21 heavy (non-hydrogen) atoms. The molecule has 104 valence electrons. The van der Waals surface area contributed by atoms with Crippen LogP contribution < -0.4 is 44.0 Å². The van der Waals surface area contributed by atoms with E-state index in [0.717, 1.165) is 0 Å². The van der Waals surface area contributed by atoms with E-state index in [9.17, 15) is 0 Å². The first-order valence-electron chi connectivity index (χ1n) is 2.19. The maximum atomic E-state index is 8.55. The standard InChI is InChI=1S/3H3O4P.H2O.5Sr/c3*1-5(2,3)4;;;;;;/h3*(H3,1,2,3,4);1H2;;;;;/q;;;;5*+2/p-10. The summed E-state index contributed by atoms with van der Waals surface area (Å²) in [7, 11) is -16.2. The summed E-state index contributed by atoms with van der Waals surface area (Å²) in [6, 6.07) is 0. The molecule has 0 aliphatic carbocycles. The SMILES string of the molecule is O=P([O-])([O-])[O-].O=P([O-])([O-])[O-].O=P([O-])([O-])[O-].[OH-].[Sr+2].[Sr+2].[Sr+2].[Sr+2].[Sr+2]. The minimum absolute atomic E-state index is 0. The molecule has 0 saturated heterocycles. The second-order valence-electron chi connectivity index (χ2n) is 1.34. The molecule has 0 atom stereocenters. The van der Waals surface area contributed by atoms with Gasteiger partial charge < -0.3 is 63.2 Å². The van der Waals surface area contributed by atoms with E-state index in [0.29, 0.717) is 0 Å². The summed E-state index contributed by atoms with van der Waals surface area (Å²) in [6.45, 7) is 0. The van der Waals surface area contributed by atoms with E-state index in [4.69, 9.17) is 57.7 Å². The second kappa shape index (κ2) is 29.9. The van der Waals surface area contributed by atoms with Crippen LogP contribution in [-0.4, -0.2) is 233 Å². The van der Waals surface area contributed by atoms with Crippen molar-refractivity contribution in [1.82, 2.24) is 0 Å². The third-order valence-electron chi connectivity index (χ3n) is 0. The molecule has 0 aromatic heterocycles. The van der Waals surface area contributed by atoms with E-state index in [1.54, 1.807) is 0 Å². The molecule has 0 unspecified atom stereocenters. The summed E-state index contributed by atoms with van der Waals surface area (Å²) >= 11 is 0. The molecular formula is HO13P3Sr5. The first-order chi connectivity index (χ1) is 6.00. The fourth-order valence-corrected chi connectivity index (χ4v) is 0. The van der Waals surface area contributed by atoms with Crippen molar-refractivity contribution in [2.75, 3.05) is 0 Å². The summed E-state index contributed by atoms with van der Waals surface area (Å²) in [6.07, 6.45) is 0. The maximum absolute atomic E-state index is 8.55. The van der Waals surface area contributed by atoms with Gasteiger partial charge in [0.05, 0.1) is 0 Å². The van der Waals surface area contributed by atoms with Gasteiger partial charge in [-0.15, -0.1) is 0 Å². The van der Waals surface area contributed by atoms with Gasteiger partial charge in [0.15, 0.2) is 0 Å². The van der Waals surface area contributed by atoms with Crippen LogP contribution in [0.25, 0.3) is 0 Å². The van der Waals surface area contributed by atoms with Gasteiger partial charge in [0, 0.05) is 0 Å². The van der Waals surface area contributed by atoms with Crippen LogP contribution in [-0.2, 0) is 13.7 Å². The monoisotopic (exact) mass is 741 g/mol. The van der Waals surface area contributed by atoms with E-state index in [1.165, 1.54) is 0 Å². The number of phosphoric acid groups is 3. The number of hydrogen-bond donors (Lipinski definition) is 0. The van der Waals surface area contributed by atoms with Crippen molar-refractivity contribution >= 4 is 251 Å². The van der Waals surface area contributed by atoms with Crippen LogP contribution in [0.15, 0.2) is 0 Å². The molecule has 0 aliphatic rings. The van der Waals surface area contributed by atoms with E-state index >= 15 is 0 Å². The summed E-state index contributed by atoms with van der Waals surface area (Å²) < 4.78 is 25.6. The van der Waals surface area contributed by atoms with Gasteiger partial charge in [-0.1, -0.05) is 0 Å².